The summed E-state index contributed by atoms with van der Waals surface area (Å²) in [6, 6.07) is 0.555. The molecule has 1 unspecified atom stereocenters. The SMILES string of the molecule is CCC(O[Si](C)(C)C(C)(C)C)[C@@H](O)C[C@@H]1CC[C@@H]([C@H]2CCCN2)COC(C)(C)O1. The highest BCUT2D eigenvalue weighted by Gasteiger charge is 2.41. The normalized spacial score (nSPS) is 31.1. The quantitative estimate of drug-likeness (QED) is 0.567. The standard InChI is InChI=1S/C23H47NO4Si/c1-9-21(28-29(7,8)22(2,3)4)20(25)15-18-13-12-17(19-11-10-14-24-19)16-26-23(5,6)27-18/h17-21,24-25H,9-16H2,1-8H3/t17-,18+,19-,20+,21?/m1/s1. The topological polar surface area (TPSA) is 60.0 Å². The molecule has 0 amide bonds. The monoisotopic (exact) mass is 429 g/mol. The van der Waals surface area contributed by atoms with E-state index in [2.05, 4.69) is 46.1 Å². The molecule has 0 aromatic heterocycles. The van der Waals surface area contributed by atoms with E-state index in [1.165, 1.54) is 12.8 Å². The number of hydrogen-bond donors (Lipinski definition) is 2. The fraction of sp³-hybridized carbons (Fsp3) is 1.00. The summed E-state index contributed by atoms with van der Waals surface area (Å²) in [5.74, 6) is -0.102. The van der Waals surface area contributed by atoms with Crippen LogP contribution in [-0.2, 0) is 13.9 Å². The van der Waals surface area contributed by atoms with Crippen molar-refractivity contribution in [2.75, 3.05) is 13.2 Å². The number of rotatable bonds is 7. The fourth-order valence-electron chi connectivity index (χ4n) is 4.29. The Balaban J connectivity index is 2.00. The lowest BCUT2D eigenvalue weighted by Gasteiger charge is -2.41. The van der Waals surface area contributed by atoms with E-state index >= 15 is 0 Å². The molecule has 29 heavy (non-hydrogen) atoms. The first-order chi connectivity index (χ1) is 13.3. The average molecular weight is 430 g/mol. The zero-order chi connectivity index (χ0) is 21.9. The number of ether oxygens (including phenoxy) is 2. The van der Waals surface area contributed by atoms with Crippen molar-refractivity contribution >= 4 is 8.32 Å². The lowest BCUT2D eigenvalue weighted by Crippen LogP contribution is -2.48. The summed E-state index contributed by atoms with van der Waals surface area (Å²) in [6.07, 6.45) is 5.28. The van der Waals surface area contributed by atoms with Gasteiger partial charge in [0.25, 0.3) is 0 Å². The Hall–Kier alpha value is 0.0169. The highest BCUT2D eigenvalue weighted by Crippen LogP contribution is 2.38. The van der Waals surface area contributed by atoms with E-state index in [1.807, 2.05) is 13.8 Å². The van der Waals surface area contributed by atoms with Gasteiger partial charge in [0.05, 0.1) is 24.9 Å². The Morgan fingerprint density at radius 3 is 2.45 bits per heavy atom. The summed E-state index contributed by atoms with van der Waals surface area (Å²) in [6.45, 7) is 19.2. The van der Waals surface area contributed by atoms with E-state index in [-0.39, 0.29) is 17.2 Å². The molecule has 0 bridgehead atoms. The molecule has 172 valence electrons. The maximum Gasteiger partial charge on any atom is 0.192 e. The van der Waals surface area contributed by atoms with Crippen LogP contribution in [0.1, 0.15) is 80.1 Å². The van der Waals surface area contributed by atoms with Gasteiger partial charge in [-0.1, -0.05) is 27.7 Å². The molecule has 6 heteroatoms. The molecule has 5 nitrogen and oxygen atoms in total. The van der Waals surface area contributed by atoms with Gasteiger partial charge in [0.15, 0.2) is 14.1 Å². The molecule has 5 atom stereocenters. The maximum atomic E-state index is 11.1. The van der Waals surface area contributed by atoms with Gasteiger partial charge in [0.2, 0.25) is 0 Å². The van der Waals surface area contributed by atoms with Gasteiger partial charge >= 0.3 is 0 Å². The number of aliphatic hydroxyl groups is 1. The maximum absolute atomic E-state index is 11.1. The molecule has 0 aliphatic carbocycles. The van der Waals surface area contributed by atoms with Gasteiger partial charge in [0, 0.05) is 12.5 Å². The van der Waals surface area contributed by atoms with Crippen LogP contribution in [0.25, 0.3) is 0 Å². The summed E-state index contributed by atoms with van der Waals surface area (Å²) in [7, 11) is -1.93. The predicted molar refractivity (Wildman–Crippen MR) is 122 cm³/mol. The van der Waals surface area contributed by atoms with Crippen LogP contribution in [0.2, 0.25) is 18.1 Å². The Kier molecular flexibility index (Phi) is 8.80. The highest BCUT2D eigenvalue weighted by molar-refractivity contribution is 6.74. The summed E-state index contributed by atoms with van der Waals surface area (Å²) >= 11 is 0. The van der Waals surface area contributed by atoms with Crippen LogP contribution >= 0.6 is 0 Å². The van der Waals surface area contributed by atoms with Gasteiger partial charge in [-0.15, -0.1) is 0 Å². The third-order valence-electron chi connectivity index (χ3n) is 7.21. The Morgan fingerprint density at radius 1 is 1.21 bits per heavy atom. The Morgan fingerprint density at radius 2 is 1.90 bits per heavy atom. The van der Waals surface area contributed by atoms with E-state index in [1.54, 1.807) is 0 Å². The molecule has 0 saturated carbocycles. The first-order valence-corrected chi connectivity index (χ1v) is 14.7. The Bertz CT molecular complexity index is 500. The molecule has 0 spiro atoms. The molecule has 0 radical (unpaired) electrons. The highest BCUT2D eigenvalue weighted by atomic mass is 28.4. The van der Waals surface area contributed by atoms with Crippen molar-refractivity contribution in [2.24, 2.45) is 5.92 Å². The molecule has 2 heterocycles. The molecule has 2 aliphatic heterocycles. The summed E-state index contributed by atoms with van der Waals surface area (Å²) in [4.78, 5) is 0. The van der Waals surface area contributed by atoms with Gasteiger partial charge in [-0.3, -0.25) is 0 Å². The summed E-state index contributed by atoms with van der Waals surface area (Å²) < 4.78 is 19.0. The minimum atomic E-state index is -1.93. The van der Waals surface area contributed by atoms with Crippen molar-refractivity contribution < 1.29 is 19.0 Å². The average Bonchev–Trinajstić information content (AvgIpc) is 3.11. The molecule has 2 fully saturated rings. The minimum Gasteiger partial charge on any atom is -0.411 e. The second-order valence-electron chi connectivity index (χ2n) is 11.1. The summed E-state index contributed by atoms with van der Waals surface area (Å²) in [5, 5.41) is 14.8. The van der Waals surface area contributed by atoms with Crippen molar-refractivity contribution in [2.45, 2.75) is 128 Å². The number of nitrogens with one attached hydrogen (secondary N) is 1. The molecule has 2 rings (SSSR count). The van der Waals surface area contributed by atoms with Gasteiger partial charge < -0.3 is 24.3 Å². The van der Waals surface area contributed by atoms with Crippen molar-refractivity contribution in [1.29, 1.82) is 0 Å². The first kappa shape index (κ1) is 25.3. The van der Waals surface area contributed by atoms with Crippen LogP contribution in [0, 0.1) is 5.92 Å². The molecule has 2 N–H and O–H groups in total. The van der Waals surface area contributed by atoms with Crippen LogP contribution < -0.4 is 5.32 Å². The van der Waals surface area contributed by atoms with Crippen LogP contribution in [0.5, 0.6) is 0 Å². The van der Waals surface area contributed by atoms with Gasteiger partial charge in [0.1, 0.15) is 0 Å². The van der Waals surface area contributed by atoms with Crippen LogP contribution in [0.4, 0.5) is 0 Å². The number of hydrogen-bond acceptors (Lipinski definition) is 5. The van der Waals surface area contributed by atoms with Gasteiger partial charge in [-0.2, -0.15) is 0 Å². The van der Waals surface area contributed by atoms with Crippen molar-refractivity contribution in [1.82, 2.24) is 5.32 Å². The largest absolute Gasteiger partial charge is 0.411 e. The van der Waals surface area contributed by atoms with E-state index in [0.29, 0.717) is 18.4 Å². The van der Waals surface area contributed by atoms with E-state index in [9.17, 15) is 5.11 Å². The molecular formula is C23H47NO4Si. The van der Waals surface area contributed by atoms with Crippen LogP contribution in [0.15, 0.2) is 0 Å². The third kappa shape index (κ3) is 7.29. The summed E-state index contributed by atoms with van der Waals surface area (Å²) in [5.41, 5.74) is 0. The first-order valence-electron chi connectivity index (χ1n) is 11.8. The molecule has 0 aromatic rings. The lowest BCUT2D eigenvalue weighted by atomic mass is 9.90. The van der Waals surface area contributed by atoms with E-state index < -0.39 is 20.2 Å². The molecule has 2 saturated heterocycles. The van der Waals surface area contributed by atoms with Crippen LogP contribution in [-0.4, -0.2) is 56.7 Å². The molecule has 0 aromatic carbocycles. The molecule has 2 aliphatic rings. The van der Waals surface area contributed by atoms with Crippen molar-refractivity contribution in [3.8, 4) is 0 Å². The molecular weight excluding hydrogens is 382 g/mol. The third-order valence-corrected chi connectivity index (χ3v) is 11.7. The van der Waals surface area contributed by atoms with Gasteiger partial charge in [-0.05, 0) is 76.5 Å². The Labute approximate surface area is 180 Å². The zero-order valence-corrected chi connectivity index (χ0v) is 21.2. The van der Waals surface area contributed by atoms with E-state index in [0.717, 1.165) is 32.4 Å². The van der Waals surface area contributed by atoms with Crippen molar-refractivity contribution in [3.63, 3.8) is 0 Å². The fourth-order valence-corrected chi connectivity index (χ4v) is 5.73. The zero-order valence-electron chi connectivity index (χ0n) is 20.2. The van der Waals surface area contributed by atoms with Crippen molar-refractivity contribution in [3.05, 3.63) is 0 Å². The smallest absolute Gasteiger partial charge is 0.192 e. The predicted octanol–water partition coefficient (Wildman–Crippen LogP) is 4.84. The second kappa shape index (κ2) is 10.1. The van der Waals surface area contributed by atoms with Gasteiger partial charge in [-0.25, -0.2) is 0 Å². The minimum absolute atomic E-state index is 0.0127. The second-order valence-corrected chi connectivity index (χ2v) is 15.9. The lowest BCUT2D eigenvalue weighted by molar-refractivity contribution is -0.258. The van der Waals surface area contributed by atoms with Crippen LogP contribution in [0.3, 0.4) is 0 Å². The van der Waals surface area contributed by atoms with E-state index in [4.69, 9.17) is 13.9 Å². The number of aliphatic hydroxyl groups excluding tert-OH is 1.